The molecular weight excluding hydrogens is 555 g/mol. The molecule has 1 heteroatoms. The number of benzene rings is 5. The van der Waals surface area contributed by atoms with Gasteiger partial charge in [-0.3, -0.25) is 0 Å². The van der Waals surface area contributed by atoms with E-state index in [0.29, 0.717) is 0 Å². The Hall–Kier alpha value is -5.40. The first kappa shape index (κ1) is 29.3. The van der Waals surface area contributed by atoms with Crippen molar-refractivity contribution in [2.24, 2.45) is 0 Å². The van der Waals surface area contributed by atoms with Gasteiger partial charge in [0.15, 0.2) is 0 Å². The SMILES string of the molecule is C=CC(=CC(=C)C(C)=CC=CC)c1ccc2c(c1)c1cc3c(cc1n2-c1ccc(-c2ccccc2)cc1)C(C)(C)c1ccccc1-3. The number of nitrogens with zero attached hydrogens (tertiary/aromatic N) is 1. The molecule has 0 radical (unpaired) electrons. The molecule has 0 unspecified atom stereocenters. The van der Waals surface area contributed by atoms with Gasteiger partial charge in [-0.15, -0.1) is 0 Å². The predicted molar refractivity (Wildman–Crippen MR) is 200 cm³/mol. The normalized spacial score (nSPS) is 14.2. The van der Waals surface area contributed by atoms with Crippen LogP contribution in [0.4, 0.5) is 0 Å². The van der Waals surface area contributed by atoms with Crippen molar-refractivity contribution in [3.05, 3.63) is 181 Å². The zero-order valence-corrected chi connectivity index (χ0v) is 27.1. The number of aromatic nitrogens is 1. The molecule has 1 aromatic heterocycles. The molecule has 0 fully saturated rings. The minimum absolute atomic E-state index is 0.0822. The maximum Gasteiger partial charge on any atom is 0.0544 e. The number of fused-ring (bicyclic) bond motifs is 6. The molecule has 1 nitrogen and oxygen atoms in total. The van der Waals surface area contributed by atoms with E-state index in [1.165, 1.54) is 55.2 Å². The third kappa shape index (κ3) is 4.80. The van der Waals surface area contributed by atoms with Gasteiger partial charge in [0.1, 0.15) is 0 Å². The van der Waals surface area contributed by atoms with Crippen molar-refractivity contribution >= 4 is 27.4 Å². The maximum atomic E-state index is 4.35. The highest BCUT2D eigenvalue weighted by Crippen LogP contribution is 2.51. The minimum Gasteiger partial charge on any atom is -0.309 e. The second-order valence-corrected chi connectivity index (χ2v) is 12.8. The number of hydrogen-bond acceptors (Lipinski definition) is 0. The van der Waals surface area contributed by atoms with Crippen LogP contribution in [0.3, 0.4) is 0 Å². The largest absolute Gasteiger partial charge is 0.309 e. The fourth-order valence-electron chi connectivity index (χ4n) is 7.01. The van der Waals surface area contributed by atoms with Crippen molar-refractivity contribution in [2.45, 2.75) is 33.1 Å². The van der Waals surface area contributed by atoms with E-state index in [0.717, 1.165) is 28.0 Å². The van der Waals surface area contributed by atoms with Gasteiger partial charge in [-0.2, -0.15) is 0 Å². The lowest BCUT2D eigenvalue weighted by Crippen LogP contribution is -2.14. The maximum absolute atomic E-state index is 4.35. The summed E-state index contributed by atoms with van der Waals surface area (Å²) in [5, 5.41) is 2.48. The Morgan fingerprint density at radius 2 is 1.41 bits per heavy atom. The Morgan fingerprint density at radius 1 is 0.717 bits per heavy atom. The summed E-state index contributed by atoms with van der Waals surface area (Å²) in [6.45, 7) is 17.4. The van der Waals surface area contributed by atoms with Gasteiger partial charge >= 0.3 is 0 Å². The molecule has 0 saturated carbocycles. The molecule has 0 atom stereocenters. The summed E-state index contributed by atoms with van der Waals surface area (Å²) in [5.74, 6) is 0. The number of rotatable bonds is 7. The van der Waals surface area contributed by atoms with E-state index in [-0.39, 0.29) is 5.41 Å². The van der Waals surface area contributed by atoms with Crippen molar-refractivity contribution in [2.75, 3.05) is 0 Å². The average molecular weight is 594 g/mol. The third-order valence-corrected chi connectivity index (χ3v) is 9.63. The molecule has 0 spiro atoms. The number of hydrogen-bond donors (Lipinski definition) is 0. The summed E-state index contributed by atoms with van der Waals surface area (Å²) in [6.07, 6.45) is 10.3. The highest BCUT2D eigenvalue weighted by Gasteiger charge is 2.36. The molecule has 1 aliphatic carbocycles. The molecule has 1 heterocycles. The molecule has 7 rings (SSSR count). The smallest absolute Gasteiger partial charge is 0.0544 e. The Bertz CT molecular complexity index is 2250. The van der Waals surface area contributed by atoms with Gasteiger partial charge in [0, 0.05) is 21.9 Å². The Labute approximate surface area is 272 Å². The summed E-state index contributed by atoms with van der Waals surface area (Å²) >= 11 is 0. The van der Waals surface area contributed by atoms with Crippen LogP contribution < -0.4 is 0 Å². The van der Waals surface area contributed by atoms with E-state index in [1.807, 2.05) is 25.2 Å². The van der Waals surface area contributed by atoms with Gasteiger partial charge in [-0.1, -0.05) is 124 Å². The lowest BCUT2D eigenvalue weighted by molar-refractivity contribution is 0.661. The van der Waals surface area contributed by atoms with Crippen LogP contribution in [0.25, 0.3) is 55.3 Å². The van der Waals surface area contributed by atoms with Crippen LogP contribution in [0.1, 0.15) is 44.4 Å². The van der Waals surface area contributed by atoms with Crippen LogP contribution in [0, 0.1) is 0 Å². The Balaban J connectivity index is 1.46. The van der Waals surface area contributed by atoms with Gasteiger partial charge in [0.25, 0.3) is 0 Å². The van der Waals surface area contributed by atoms with Gasteiger partial charge in [0.05, 0.1) is 11.0 Å². The molecule has 0 aliphatic heterocycles. The van der Waals surface area contributed by atoms with Gasteiger partial charge in [0.2, 0.25) is 0 Å². The molecule has 5 aromatic carbocycles. The molecular formula is C45H39N. The lowest BCUT2D eigenvalue weighted by atomic mass is 9.82. The molecule has 1 aliphatic rings. The lowest BCUT2D eigenvalue weighted by Gasteiger charge is -2.21. The van der Waals surface area contributed by atoms with Gasteiger partial charge < -0.3 is 4.57 Å². The predicted octanol–water partition coefficient (Wildman–Crippen LogP) is 12.4. The fraction of sp³-hybridized carbons (Fsp3) is 0.111. The molecule has 0 N–H and O–H groups in total. The molecule has 0 amide bonds. The summed E-state index contributed by atoms with van der Waals surface area (Å²) in [6, 6.07) is 40.1. The van der Waals surface area contributed by atoms with Gasteiger partial charge in [-0.05, 0) is 112 Å². The second kappa shape index (κ2) is 11.5. The summed E-state index contributed by atoms with van der Waals surface area (Å²) in [7, 11) is 0. The van der Waals surface area contributed by atoms with Crippen LogP contribution in [0.5, 0.6) is 0 Å². The molecule has 0 saturated heterocycles. The zero-order valence-electron chi connectivity index (χ0n) is 27.1. The quantitative estimate of drug-likeness (QED) is 0.162. The van der Waals surface area contributed by atoms with E-state index in [2.05, 4.69) is 160 Å². The number of allylic oxidation sites excluding steroid dienone is 8. The Morgan fingerprint density at radius 3 is 2.15 bits per heavy atom. The molecule has 46 heavy (non-hydrogen) atoms. The van der Waals surface area contributed by atoms with E-state index in [1.54, 1.807) is 0 Å². The highest BCUT2D eigenvalue weighted by atomic mass is 15.0. The van der Waals surface area contributed by atoms with Gasteiger partial charge in [-0.25, -0.2) is 0 Å². The standard InChI is InChI=1S/C45H39N/c1-7-9-15-30(3)31(4)26-32(8-2)35-22-25-43-39(27-35)40-28-38-37-18-13-14-19-41(37)45(5,6)42(38)29-44(40)46(43)36-23-20-34(21-24-36)33-16-11-10-12-17-33/h7-29H,2,4H2,1,3,5-6H3. The van der Waals surface area contributed by atoms with Crippen LogP contribution in [0.15, 0.2) is 164 Å². The first-order chi connectivity index (χ1) is 22.3. The first-order valence-electron chi connectivity index (χ1n) is 16.0. The molecule has 0 bridgehead atoms. The minimum atomic E-state index is -0.0822. The van der Waals surface area contributed by atoms with Crippen LogP contribution in [-0.4, -0.2) is 4.57 Å². The summed E-state index contributed by atoms with van der Waals surface area (Å²) in [4.78, 5) is 0. The van der Waals surface area contributed by atoms with Crippen molar-refractivity contribution in [1.29, 1.82) is 0 Å². The summed E-state index contributed by atoms with van der Waals surface area (Å²) < 4.78 is 2.43. The second-order valence-electron chi connectivity index (χ2n) is 12.8. The Kier molecular flexibility index (Phi) is 7.34. The van der Waals surface area contributed by atoms with Crippen molar-refractivity contribution in [3.63, 3.8) is 0 Å². The van der Waals surface area contributed by atoms with Crippen LogP contribution in [0.2, 0.25) is 0 Å². The molecule has 224 valence electrons. The average Bonchev–Trinajstić information content (AvgIpc) is 3.53. The zero-order chi connectivity index (χ0) is 32.0. The topological polar surface area (TPSA) is 4.93 Å². The van der Waals surface area contributed by atoms with Crippen LogP contribution >= 0.6 is 0 Å². The van der Waals surface area contributed by atoms with Crippen molar-refractivity contribution < 1.29 is 0 Å². The van der Waals surface area contributed by atoms with Crippen LogP contribution in [-0.2, 0) is 5.41 Å². The van der Waals surface area contributed by atoms with E-state index >= 15 is 0 Å². The summed E-state index contributed by atoms with van der Waals surface area (Å²) in [5.41, 5.74) is 15.6. The molecule has 6 aromatic rings. The van der Waals surface area contributed by atoms with E-state index in [4.69, 9.17) is 0 Å². The van der Waals surface area contributed by atoms with E-state index in [9.17, 15) is 0 Å². The van der Waals surface area contributed by atoms with E-state index < -0.39 is 0 Å². The third-order valence-electron chi connectivity index (χ3n) is 9.63. The highest BCUT2D eigenvalue weighted by molar-refractivity contribution is 6.12. The van der Waals surface area contributed by atoms with Crippen molar-refractivity contribution in [1.82, 2.24) is 4.57 Å². The fourth-order valence-corrected chi connectivity index (χ4v) is 7.01. The first-order valence-corrected chi connectivity index (χ1v) is 16.0. The monoisotopic (exact) mass is 593 g/mol. The van der Waals surface area contributed by atoms with Crippen molar-refractivity contribution in [3.8, 4) is 27.9 Å².